The van der Waals surface area contributed by atoms with Crippen molar-refractivity contribution in [2.75, 3.05) is 19.8 Å². The van der Waals surface area contributed by atoms with Crippen molar-refractivity contribution in [2.24, 2.45) is 0 Å². The van der Waals surface area contributed by atoms with Crippen LogP contribution in [0.1, 0.15) is 25.3 Å². The van der Waals surface area contributed by atoms with Gasteiger partial charge in [-0.3, -0.25) is 0 Å². The molecule has 112 valence electrons. The monoisotopic (exact) mass is 301 g/mol. The van der Waals surface area contributed by atoms with E-state index >= 15 is 0 Å². The fourth-order valence-corrected chi connectivity index (χ4v) is 2.43. The van der Waals surface area contributed by atoms with Gasteiger partial charge in [-0.15, -0.1) is 0 Å². The van der Waals surface area contributed by atoms with Crippen molar-refractivity contribution in [3.63, 3.8) is 0 Å². The molecule has 1 saturated heterocycles. The first-order valence-electron chi connectivity index (χ1n) is 7.09. The van der Waals surface area contributed by atoms with Crippen LogP contribution in [0.3, 0.4) is 0 Å². The number of halogens is 2. The molecule has 0 aromatic heterocycles. The van der Waals surface area contributed by atoms with Gasteiger partial charge in [-0.05, 0) is 37.1 Å². The summed E-state index contributed by atoms with van der Waals surface area (Å²) in [5, 5.41) is 3.62. The molecular formula is C15H21ClFNO2. The number of nitrogens with one attached hydrogen (secondary N) is 1. The maximum absolute atomic E-state index is 13.5. The number of hydrogen-bond acceptors (Lipinski definition) is 3. The number of hydrogen-bond donors (Lipinski definition) is 1. The molecule has 1 atom stereocenters. The lowest BCUT2D eigenvalue weighted by molar-refractivity contribution is -0.0526. The highest BCUT2D eigenvalue weighted by molar-refractivity contribution is 6.30. The highest BCUT2D eigenvalue weighted by Crippen LogP contribution is 2.19. The molecular weight excluding hydrogens is 281 g/mol. The predicted octanol–water partition coefficient (Wildman–Crippen LogP) is 3.15. The van der Waals surface area contributed by atoms with Gasteiger partial charge >= 0.3 is 0 Å². The summed E-state index contributed by atoms with van der Waals surface area (Å²) in [6.07, 6.45) is 2.40. The molecule has 3 nitrogen and oxygen atoms in total. The van der Waals surface area contributed by atoms with Crippen molar-refractivity contribution >= 4 is 11.6 Å². The van der Waals surface area contributed by atoms with Crippen LogP contribution in [-0.4, -0.2) is 32.1 Å². The van der Waals surface area contributed by atoms with Gasteiger partial charge in [0.1, 0.15) is 5.82 Å². The van der Waals surface area contributed by atoms with Gasteiger partial charge in [0.25, 0.3) is 0 Å². The van der Waals surface area contributed by atoms with Gasteiger partial charge in [0.05, 0.1) is 18.2 Å². The maximum Gasteiger partial charge on any atom is 0.159 e. The van der Waals surface area contributed by atoms with Gasteiger partial charge < -0.3 is 14.8 Å². The molecule has 1 aliphatic heterocycles. The van der Waals surface area contributed by atoms with E-state index in [1.54, 1.807) is 6.07 Å². The third-order valence-corrected chi connectivity index (χ3v) is 3.62. The van der Waals surface area contributed by atoms with E-state index in [0.29, 0.717) is 13.2 Å². The van der Waals surface area contributed by atoms with Crippen LogP contribution >= 0.6 is 11.6 Å². The van der Waals surface area contributed by atoms with E-state index in [-0.39, 0.29) is 23.2 Å². The molecule has 1 N–H and O–H groups in total. The fourth-order valence-electron chi connectivity index (χ4n) is 2.31. The van der Waals surface area contributed by atoms with Crippen LogP contribution in [0.15, 0.2) is 18.2 Å². The van der Waals surface area contributed by atoms with Crippen LogP contribution in [0.2, 0.25) is 5.02 Å². The van der Waals surface area contributed by atoms with E-state index in [0.717, 1.165) is 31.4 Å². The van der Waals surface area contributed by atoms with Crippen LogP contribution in [0.5, 0.6) is 0 Å². The second-order valence-electron chi connectivity index (χ2n) is 5.01. The average molecular weight is 302 g/mol. The Balaban J connectivity index is 1.95. The van der Waals surface area contributed by atoms with Gasteiger partial charge in [0, 0.05) is 12.5 Å². The number of rotatable bonds is 7. The van der Waals surface area contributed by atoms with Gasteiger partial charge in [0.2, 0.25) is 0 Å². The van der Waals surface area contributed by atoms with Crippen molar-refractivity contribution in [2.45, 2.75) is 38.5 Å². The summed E-state index contributed by atoms with van der Waals surface area (Å²) in [5.74, 6) is -0.369. The van der Waals surface area contributed by atoms with Gasteiger partial charge in [-0.2, -0.15) is 0 Å². The van der Waals surface area contributed by atoms with Gasteiger partial charge in [0.15, 0.2) is 6.29 Å². The van der Waals surface area contributed by atoms with Crippen LogP contribution in [0.25, 0.3) is 0 Å². The van der Waals surface area contributed by atoms with E-state index in [9.17, 15) is 4.39 Å². The van der Waals surface area contributed by atoms with E-state index < -0.39 is 0 Å². The first kappa shape index (κ1) is 15.7. The molecule has 5 heteroatoms. The SMILES string of the molecule is CCCNC(Cc1ccc(Cl)c(F)c1)CC1OCCO1. The summed E-state index contributed by atoms with van der Waals surface area (Å²) in [5.41, 5.74) is 0.929. The van der Waals surface area contributed by atoms with Crippen molar-refractivity contribution in [1.29, 1.82) is 0 Å². The minimum absolute atomic E-state index is 0.151. The zero-order valence-electron chi connectivity index (χ0n) is 11.7. The third kappa shape index (κ3) is 4.70. The van der Waals surface area contributed by atoms with Gasteiger partial charge in [-0.25, -0.2) is 4.39 Å². The summed E-state index contributed by atoms with van der Waals surface area (Å²) in [7, 11) is 0. The van der Waals surface area contributed by atoms with E-state index in [4.69, 9.17) is 21.1 Å². The Morgan fingerprint density at radius 2 is 2.15 bits per heavy atom. The zero-order valence-corrected chi connectivity index (χ0v) is 12.5. The lowest BCUT2D eigenvalue weighted by Gasteiger charge is -2.21. The molecule has 0 aliphatic carbocycles. The molecule has 0 spiro atoms. The maximum atomic E-state index is 13.5. The molecule has 20 heavy (non-hydrogen) atoms. The largest absolute Gasteiger partial charge is 0.350 e. The van der Waals surface area contributed by atoms with E-state index in [2.05, 4.69) is 12.2 Å². The fraction of sp³-hybridized carbons (Fsp3) is 0.600. The number of benzene rings is 1. The Labute approximate surface area is 124 Å². The first-order chi connectivity index (χ1) is 9.69. The highest BCUT2D eigenvalue weighted by atomic mass is 35.5. The normalized spacial score (nSPS) is 17.6. The Morgan fingerprint density at radius 3 is 2.80 bits per heavy atom. The second-order valence-corrected chi connectivity index (χ2v) is 5.42. The summed E-state index contributed by atoms with van der Waals surface area (Å²) >= 11 is 5.71. The standard InChI is InChI=1S/C15H21ClFNO2/c1-2-5-18-12(10-15-19-6-7-20-15)8-11-3-4-13(16)14(17)9-11/h3-4,9,12,15,18H,2,5-8,10H2,1H3. The Hall–Kier alpha value is -0.680. The van der Waals surface area contributed by atoms with Crippen molar-refractivity contribution in [3.8, 4) is 0 Å². The Kier molecular flexibility index (Phi) is 6.23. The summed E-state index contributed by atoms with van der Waals surface area (Å²) in [4.78, 5) is 0. The van der Waals surface area contributed by atoms with Crippen LogP contribution in [0.4, 0.5) is 4.39 Å². The van der Waals surface area contributed by atoms with Gasteiger partial charge in [-0.1, -0.05) is 24.6 Å². The van der Waals surface area contributed by atoms with E-state index in [1.807, 2.05) is 6.07 Å². The molecule has 0 amide bonds. The minimum Gasteiger partial charge on any atom is -0.350 e. The molecule has 1 aliphatic rings. The first-order valence-corrected chi connectivity index (χ1v) is 7.47. The molecule has 1 fully saturated rings. The Bertz CT molecular complexity index is 424. The van der Waals surface area contributed by atoms with Crippen molar-refractivity contribution in [3.05, 3.63) is 34.6 Å². The van der Waals surface area contributed by atoms with Crippen LogP contribution in [-0.2, 0) is 15.9 Å². The smallest absolute Gasteiger partial charge is 0.159 e. The molecule has 1 aromatic carbocycles. The van der Waals surface area contributed by atoms with Crippen molar-refractivity contribution < 1.29 is 13.9 Å². The molecule has 1 heterocycles. The predicted molar refractivity (Wildman–Crippen MR) is 77.5 cm³/mol. The summed E-state index contributed by atoms with van der Waals surface area (Å²) in [6, 6.07) is 5.17. The van der Waals surface area contributed by atoms with E-state index in [1.165, 1.54) is 6.07 Å². The average Bonchev–Trinajstić information content (AvgIpc) is 2.93. The zero-order chi connectivity index (χ0) is 14.4. The molecule has 0 radical (unpaired) electrons. The molecule has 1 aromatic rings. The summed E-state index contributed by atoms with van der Waals surface area (Å²) < 4.78 is 24.5. The lowest BCUT2D eigenvalue weighted by atomic mass is 10.0. The Morgan fingerprint density at radius 1 is 1.40 bits per heavy atom. The molecule has 1 unspecified atom stereocenters. The quantitative estimate of drug-likeness (QED) is 0.839. The lowest BCUT2D eigenvalue weighted by Crippen LogP contribution is -2.35. The second kappa shape index (κ2) is 7.93. The number of ether oxygens (including phenoxy) is 2. The van der Waals surface area contributed by atoms with Crippen LogP contribution in [0, 0.1) is 5.82 Å². The van der Waals surface area contributed by atoms with Crippen molar-refractivity contribution in [1.82, 2.24) is 5.32 Å². The third-order valence-electron chi connectivity index (χ3n) is 3.32. The molecule has 0 saturated carbocycles. The minimum atomic E-state index is -0.369. The topological polar surface area (TPSA) is 30.5 Å². The summed E-state index contributed by atoms with van der Waals surface area (Å²) in [6.45, 7) is 4.35. The highest BCUT2D eigenvalue weighted by Gasteiger charge is 2.21. The molecule has 2 rings (SSSR count). The molecule has 0 bridgehead atoms. The van der Waals surface area contributed by atoms with Crippen LogP contribution < -0.4 is 5.32 Å².